The maximum absolute atomic E-state index is 13.6. The zero-order valence-electron chi connectivity index (χ0n) is 22.4. The number of fused-ring (bicyclic) bond motifs is 1. The maximum atomic E-state index is 13.6. The van der Waals surface area contributed by atoms with Gasteiger partial charge in [0.1, 0.15) is 0 Å². The summed E-state index contributed by atoms with van der Waals surface area (Å²) in [5.74, 6) is -0.940. The first-order valence-corrected chi connectivity index (χ1v) is 14.0. The fourth-order valence-electron chi connectivity index (χ4n) is 5.30. The number of carbonyl (C=O) groups excluding carboxylic acids is 1. The van der Waals surface area contributed by atoms with Crippen molar-refractivity contribution < 1.29 is 35.9 Å². The Morgan fingerprint density at radius 3 is 2.28 bits per heavy atom. The Morgan fingerprint density at radius 1 is 0.907 bits per heavy atom. The van der Waals surface area contributed by atoms with Gasteiger partial charge in [-0.1, -0.05) is 47.5 Å². The zero-order valence-corrected chi connectivity index (χ0v) is 23.9. The minimum Gasteiger partial charge on any atom is -0.373 e. The van der Waals surface area contributed by atoms with Gasteiger partial charge in [0.2, 0.25) is 0 Å². The van der Waals surface area contributed by atoms with Crippen molar-refractivity contribution in [3.8, 4) is 0 Å². The van der Waals surface area contributed by atoms with Gasteiger partial charge in [0.15, 0.2) is 0 Å². The van der Waals surface area contributed by atoms with E-state index in [2.05, 4.69) is 4.98 Å². The van der Waals surface area contributed by atoms with Crippen molar-refractivity contribution in [2.75, 3.05) is 6.54 Å². The number of carbonyl (C=O) groups is 1. The zero-order chi connectivity index (χ0) is 30.9. The van der Waals surface area contributed by atoms with Crippen molar-refractivity contribution in [1.82, 2.24) is 9.88 Å². The van der Waals surface area contributed by atoms with Crippen LogP contribution in [0.1, 0.15) is 45.5 Å². The second kappa shape index (κ2) is 12.3. The summed E-state index contributed by atoms with van der Waals surface area (Å²) in [6, 6.07) is 14.5. The highest BCUT2D eigenvalue weighted by atomic mass is 35.5. The molecule has 0 N–H and O–H groups in total. The van der Waals surface area contributed by atoms with E-state index >= 15 is 0 Å². The Bertz CT molecular complexity index is 1610. The molecule has 4 aromatic rings. The van der Waals surface area contributed by atoms with E-state index in [0.29, 0.717) is 34.2 Å². The summed E-state index contributed by atoms with van der Waals surface area (Å²) >= 11 is 12.4. The monoisotopic (exact) mass is 640 g/mol. The maximum Gasteiger partial charge on any atom is 0.416 e. The van der Waals surface area contributed by atoms with E-state index in [0.717, 1.165) is 16.5 Å². The van der Waals surface area contributed by atoms with Gasteiger partial charge in [-0.25, -0.2) is 0 Å². The van der Waals surface area contributed by atoms with E-state index in [4.69, 9.17) is 27.9 Å². The van der Waals surface area contributed by atoms with Gasteiger partial charge in [-0.05, 0) is 72.9 Å². The molecule has 1 aliphatic rings. The summed E-state index contributed by atoms with van der Waals surface area (Å²) in [5, 5.41) is 1.64. The van der Waals surface area contributed by atoms with E-state index in [1.807, 2.05) is 30.3 Å². The molecule has 1 fully saturated rings. The van der Waals surface area contributed by atoms with Crippen LogP contribution in [0.2, 0.25) is 10.0 Å². The number of piperidine rings is 1. The predicted molar refractivity (Wildman–Crippen MR) is 151 cm³/mol. The van der Waals surface area contributed by atoms with E-state index in [9.17, 15) is 31.1 Å². The van der Waals surface area contributed by atoms with Crippen LogP contribution in [-0.2, 0) is 30.1 Å². The number of halogens is 8. The quantitative estimate of drug-likeness (QED) is 0.198. The van der Waals surface area contributed by atoms with Crippen LogP contribution >= 0.6 is 23.2 Å². The molecule has 226 valence electrons. The lowest BCUT2D eigenvalue weighted by Crippen LogP contribution is -2.49. The molecule has 0 radical (unpaired) electrons. The fraction of sp³-hybridized carbons (Fsp3) is 0.290. The molecule has 0 bridgehead atoms. The van der Waals surface area contributed by atoms with Crippen molar-refractivity contribution in [2.24, 2.45) is 0 Å². The second-order valence-corrected chi connectivity index (χ2v) is 11.2. The molecule has 4 nitrogen and oxygen atoms in total. The first-order chi connectivity index (χ1) is 20.3. The third kappa shape index (κ3) is 7.25. The summed E-state index contributed by atoms with van der Waals surface area (Å²) in [4.78, 5) is 19.3. The molecule has 1 amide bonds. The van der Waals surface area contributed by atoms with Gasteiger partial charge in [-0.2, -0.15) is 26.3 Å². The number of likely N-dealkylation sites (tertiary alicyclic amines) is 1. The first-order valence-electron chi connectivity index (χ1n) is 13.3. The summed E-state index contributed by atoms with van der Waals surface area (Å²) in [6.07, 6.45) is -8.04. The Labute approximate surface area is 253 Å². The number of para-hydroxylation sites is 1. The standard InChI is InChI=1S/C31H24Cl2F6N2O2/c32-23-6-5-18(27(33)15-23)13-24-16-25(43-17-19-7-9-40-28-4-2-1-3-26(19)28)8-10-41(24)29(42)20-11-21(30(34,35)36)14-22(12-20)31(37,38)39/h1-7,9,11-12,14-15,24-25H,8,10,13,16-17H2/t24-,25+/m1/s1. The van der Waals surface area contributed by atoms with Gasteiger partial charge < -0.3 is 9.64 Å². The summed E-state index contributed by atoms with van der Waals surface area (Å²) in [7, 11) is 0. The minimum absolute atomic E-state index is 0.00459. The summed E-state index contributed by atoms with van der Waals surface area (Å²) < 4.78 is 87.3. The molecule has 12 heteroatoms. The van der Waals surface area contributed by atoms with E-state index < -0.39 is 41.0 Å². The number of benzene rings is 3. The number of amides is 1. The highest BCUT2D eigenvalue weighted by Crippen LogP contribution is 2.37. The van der Waals surface area contributed by atoms with Crippen LogP contribution in [-0.4, -0.2) is 34.5 Å². The number of nitrogens with zero attached hydrogens (tertiary/aromatic N) is 2. The Hall–Kier alpha value is -3.34. The molecule has 0 unspecified atom stereocenters. The fourth-order valence-corrected chi connectivity index (χ4v) is 5.79. The summed E-state index contributed by atoms with van der Waals surface area (Å²) in [5.41, 5.74) is -1.47. The Balaban J connectivity index is 1.43. The van der Waals surface area contributed by atoms with Crippen molar-refractivity contribution >= 4 is 40.0 Å². The lowest BCUT2D eigenvalue weighted by atomic mass is 9.92. The van der Waals surface area contributed by atoms with Crippen molar-refractivity contribution in [3.05, 3.63) is 111 Å². The number of hydrogen-bond donors (Lipinski definition) is 0. The highest BCUT2D eigenvalue weighted by Gasteiger charge is 2.39. The van der Waals surface area contributed by atoms with E-state index in [1.165, 1.54) is 11.0 Å². The molecule has 1 aliphatic heterocycles. The average Bonchev–Trinajstić information content (AvgIpc) is 2.96. The predicted octanol–water partition coefficient (Wildman–Crippen LogP) is 9.01. The molecular weight excluding hydrogens is 617 g/mol. The average molecular weight is 641 g/mol. The smallest absolute Gasteiger partial charge is 0.373 e. The van der Waals surface area contributed by atoms with Crippen LogP contribution in [0.25, 0.3) is 10.9 Å². The van der Waals surface area contributed by atoms with E-state index in [-0.39, 0.29) is 38.2 Å². The number of rotatable bonds is 6. The second-order valence-electron chi connectivity index (χ2n) is 10.3. The van der Waals surface area contributed by atoms with Crippen LogP contribution in [0, 0.1) is 0 Å². The number of ether oxygens (including phenoxy) is 1. The van der Waals surface area contributed by atoms with Gasteiger partial charge in [0.05, 0.1) is 29.4 Å². The summed E-state index contributed by atoms with van der Waals surface area (Å²) in [6.45, 7) is 0.298. The van der Waals surface area contributed by atoms with Gasteiger partial charge >= 0.3 is 12.4 Å². The van der Waals surface area contributed by atoms with Crippen LogP contribution in [0.4, 0.5) is 26.3 Å². The molecule has 2 atom stereocenters. The molecule has 0 saturated carbocycles. The molecule has 43 heavy (non-hydrogen) atoms. The Morgan fingerprint density at radius 2 is 1.60 bits per heavy atom. The molecule has 0 spiro atoms. The normalized spacial score (nSPS) is 17.8. The van der Waals surface area contributed by atoms with Crippen molar-refractivity contribution in [1.29, 1.82) is 0 Å². The van der Waals surface area contributed by atoms with Gasteiger partial charge in [-0.15, -0.1) is 0 Å². The molecular formula is C31H24Cl2F6N2O2. The van der Waals surface area contributed by atoms with Crippen molar-refractivity contribution in [2.45, 2.75) is 50.4 Å². The molecule has 1 saturated heterocycles. The Kier molecular flexibility index (Phi) is 8.92. The first kappa shape index (κ1) is 31.1. The van der Waals surface area contributed by atoms with Crippen LogP contribution in [0.3, 0.4) is 0 Å². The van der Waals surface area contributed by atoms with E-state index in [1.54, 1.807) is 18.3 Å². The molecule has 3 aromatic carbocycles. The topological polar surface area (TPSA) is 42.4 Å². The lowest BCUT2D eigenvalue weighted by Gasteiger charge is -2.40. The number of hydrogen-bond acceptors (Lipinski definition) is 3. The molecule has 5 rings (SSSR count). The highest BCUT2D eigenvalue weighted by molar-refractivity contribution is 6.35. The van der Waals surface area contributed by atoms with Gasteiger partial charge in [0.25, 0.3) is 5.91 Å². The van der Waals surface area contributed by atoms with Crippen LogP contribution in [0.15, 0.2) is 72.9 Å². The van der Waals surface area contributed by atoms with Crippen molar-refractivity contribution in [3.63, 3.8) is 0 Å². The van der Waals surface area contributed by atoms with Gasteiger partial charge in [0, 0.05) is 39.8 Å². The number of aromatic nitrogens is 1. The van der Waals surface area contributed by atoms with Crippen LogP contribution in [0.5, 0.6) is 0 Å². The SMILES string of the molecule is O=C(c1cc(C(F)(F)F)cc(C(F)(F)F)c1)N1CC[C@H](OCc2ccnc3ccccc23)C[C@H]1Cc1ccc(Cl)cc1Cl. The number of pyridine rings is 1. The molecule has 0 aliphatic carbocycles. The molecule has 2 heterocycles. The third-order valence-electron chi connectivity index (χ3n) is 7.45. The third-order valence-corrected chi connectivity index (χ3v) is 8.03. The number of alkyl halides is 6. The largest absolute Gasteiger partial charge is 0.416 e. The molecule has 1 aromatic heterocycles. The minimum atomic E-state index is -5.08. The lowest BCUT2D eigenvalue weighted by molar-refractivity contribution is -0.143. The van der Waals surface area contributed by atoms with Crippen LogP contribution < -0.4 is 0 Å². The van der Waals surface area contributed by atoms with Gasteiger partial charge in [-0.3, -0.25) is 9.78 Å².